The molecule has 0 unspecified atom stereocenters. The number of H-pyrrole nitrogens is 1. The van der Waals surface area contributed by atoms with Crippen molar-refractivity contribution < 1.29 is 0 Å². The number of aromatic amines is 1. The molecule has 0 aliphatic heterocycles. The maximum Gasteiger partial charge on any atom is 0.332 e. The van der Waals surface area contributed by atoms with Gasteiger partial charge < -0.3 is 15.2 Å². The third kappa shape index (κ3) is 2.48. The van der Waals surface area contributed by atoms with Crippen LogP contribution in [0.15, 0.2) is 33.9 Å². The van der Waals surface area contributed by atoms with Crippen LogP contribution in [0, 0.1) is 0 Å². The molecule has 23 heavy (non-hydrogen) atoms. The zero-order valence-electron chi connectivity index (χ0n) is 13.4. The lowest BCUT2D eigenvalue weighted by Gasteiger charge is -2.12. The summed E-state index contributed by atoms with van der Waals surface area (Å²) in [5, 5.41) is 3.10. The van der Waals surface area contributed by atoms with E-state index >= 15 is 0 Å². The zero-order valence-corrected chi connectivity index (χ0v) is 13.4. The first-order valence-corrected chi connectivity index (χ1v) is 7.08. The fourth-order valence-corrected chi connectivity index (χ4v) is 2.36. The third-order valence-electron chi connectivity index (χ3n) is 3.74. The molecule has 3 aromatic rings. The van der Waals surface area contributed by atoms with Gasteiger partial charge in [-0.25, -0.2) is 4.79 Å². The van der Waals surface area contributed by atoms with Crippen LogP contribution in [0.1, 0.15) is 0 Å². The van der Waals surface area contributed by atoms with Crippen LogP contribution >= 0.6 is 0 Å². The monoisotopic (exact) mass is 314 g/mol. The number of anilines is 3. The summed E-state index contributed by atoms with van der Waals surface area (Å²) in [4.78, 5) is 33.3. The Kier molecular flexibility index (Phi) is 3.44. The van der Waals surface area contributed by atoms with Crippen LogP contribution in [0.3, 0.4) is 0 Å². The highest BCUT2D eigenvalue weighted by molar-refractivity contribution is 5.74. The molecule has 0 bridgehead atoms. The Morgan fingerprint density at radius 3 is 2.35 bits per heavy atom. The maximum absolute atomic E-state index is 12.1. The van der Waals surface area contributed by atoms with Gasteiger partial charge >= 0.3 is 5.69 Å². The zero-order chi connectivity index (χ0) is 16.7. The molecule has 2 N–H and O–H groups in total. The number of nitrogens with zero attached hydrogens (tertiary/aromatic N) is 4. The van der Waals surface area contributed by atoms with E-state index in [1.807, 2.05) is 43.3 Å². The van der Waals surface area contributed by atoms with Crippen molar-refractivity contribution in [2.24, 2.45) is 14.1 Å². The topological polar surface area (TPSA) is 88.0 Å². The molecule has 0 fully saturated rings. The number of aromatic nitrogens is 4. The summed E-state index contributed by atoms with van der Waals surface area (Å²) in [5.41, 5.74) is 1.72. The summed E-state index contributed by atoms with van der Waals surface area (Å²) in [6.45, 7) is 0. The molecule has 0 aliphatic rings. The highest BCUT2D eigenvalue weighted by Crippen LogP contribution is 2.19. The Bertz CT molecular complexity index is 978. The predicted molar refractivity (Wildman–Crippen MR) is 90.6 cm³/mol. The number of imidazole rings is 1. The molecular formula is C15H18N6O2. The van der Waals surface area contributed by atoms with Gasteiger partial charge in [0.2, 0.25) is 5.95 Å². The highest BCUT2D eigenvalue weighted by Gasteiger charge is 2.13. The Hall–Kier alpha value is -3.03. The van der Waals surface area contributed by atoms with Gasteiger partial charge in [-0.2, -0.15) is 4.98 Å². The van der Waals surface area contributed by atoms with Crippen LogP contribution in [0.4, 0.5) is 17.3 Å². The molecule has 0 saturated heterocycles. The number of nitrogens with one attached hydrogen (secondary N) is 2. The summed E-state index contributed by atoms with van der Waals surface area (Å²) < 4.78 is 2.39. The first kappa shape index (κ1) is 14.9. The quantitative estimate of drug-likeness (QED) is 0.745. The highest BCUT2D eigenvalue weighted by atomic mass is 16.2. The number of hydrogen-bond donors (Lipinski definition) is 2. The molecule has 0 atom stereocenters. The van der Waals surface area contributed by atoms with E-state index in [9.17, 15) is 9.59 Å². The molecule has 2 aromatic heterocycles. The molecule has 0 spiro atoms. The van der Waals surface area contributed by atoms with Crippen LogP contribution in [0.5, 0.6) is 0 Å². The molecule has 0 amide bonds. The molecule has 0 aliphatic carbocycles. The molecule has 3 rings (SSSR count). The standard InChI is InChI=1S/C15H18N6O2/c1-19(2)10-7-5-9(6-8-10)16-14-17-11-12(18-14)20(3)15(23)21(4)13(11)22/h5-8H,1-4H3,(H2,16,17,18). The smallest absolute Gasteiger partial charge is 0.332 e. The minimum absolute atomic E-state index is 0.294. The van der Waals surface area contributed by atoms with E-state index in [1.165, 1.54) is 11.6 Å². The van der Waals surface area contributed by atoms with Crippen molar-refractivity contribution in [1.29, 1.82) is 0 Å². The summed E-state index contributed by atoms with van der Waals surface area (Å²) in [5.74, 6) is 0.413. The fraction of sp³-hybridized carbons (Fsp3) is 0.267. The second-order valence-corrected chi connectivity index (χ2v) is 5.56. The summed E-state index contributed by atoms with van der Waals surface area (Å²) in [6, 6.07) is 7.78. The second-order valence-electron chi connectivity index (χ2n) is 5.56. The van der Waals surface area contributed by atoms with Gasteiger partial charge in [0, 0.05) is 39.6 Å². The summed E-state index contributed by atoms with van der Waals surface area (Å²) in [7, 11) is 6.97. The lowest BCUT2D eigenvalue weighted by molar-refractivity contribution is 0.709. The Balaban J connectivity index is 2.01. The Morgan fingerprint density at radius 1 is 1.09 bits per heavy atom. The average molecular weight is 314 g/mol. The maximum atomic E-state index is 12.1. The van der Waals surface area contributed by atoms with E-state index in [4.69, 9.17) is 0 Å². The predicted octanol–water partition coefficient (Wildman–Crippen LogP) is 0.770. The van der Waals surface area contributed by atoms with Crippen molar-refractivity contribution in [3.8, 4) is 0 Å². The van der Waals surface area contributed by atoms with E-state index in [1.54, 1.807) is 7.05 Å². The van der Waals surface area contributed by atoms with Crippen molar-refractivity contribution in [2.75, 3.05) is 24.3 Å². The van der Waals surface area contributed by atoms with Gasteiger partial charge in [-0.15, -0.1) is 0 Å². The summed E-state index contributed by atoms with van der Waals surface area (Å²) >= 11 is 0. The molecule has 2 heterocycles. The summed E-state index contributed by atoms with van der Waals surface area (Å²) in [6.07, 6.45) is 0. The number of hydrogen-bond acceptors (Lipinski definition) is 5. The van der Waals surface area contributed by atoms with Crippen molar-refractivity contribution in [3.05, 3.63) is 45.1 Å². The van der Waals surface area contributed by atoms with Crippen LogP contribution in [0.2, 0.25) is 0 Å². The van der Waals surface area contributed by atoms with Gasteiger partial charge in [-0.3, -0.25) is 13.9 Å². The van der Waals surface area contributed by atoms with E-state index in [2.05, 4.69) is 15.3 Å². The van der Waals surface area contributed by atoms with Crippen molar-refractivity contribution in [2.45, 2.75) is 0 Å². The van der Waals surface area contributed by atoms with E-state index in [-0.39, 0.29) is 0 Å². The second kappa shape index (κ2) is 5.31. The third-order valence-corrected chi connectivity index (χ3v) is 3.74. The number of aryl methyl sites for hydroxylation is 1. The van der Waals surface area contributed by atoms with Gasteiger partial charge in [0.1, 0.15) is 0 Å². The van der Waals surface area contributed by atoms with Crippen molar-refractivity contribution in [3.63, 3.8) is 0 Å². The Morgan fingerprint density at radius 2 is 1.74 bits per heavy atom. The molecule has 1 aromatic carbocycles. The molecule has 8 heteroatoms. The Labute approximate surface area is 132 Å². The van der Waals surface area contributed by atoms with Crippen molar-refractivity contribution in [1.82, 2.24) is 19.1 Å². The normalized spacial score (nSPS) is 11.0. The number of fused-ring (bicyclic) bond motifs is 1. The lowest BCUT2D eigenvalue weighted by Crippen LogP contribution is -2.36. The molecule has 0 saturated carbocycles. The van der Waals surface area contributed by atoms with Crippen LogP contribution in [-0.4, -0.2) is 33.2 Å². The molecule has 120 valence electrons. The van der Waals surface area contributed by atoms with Gasteiger partial charge in [0.05, 0.1) is 0 Å². The van der Waals surface area contributed by atoms with E-state index in [0.717, 1.165) is 15.9 Å². The molecule has 0 radical (unpaired) electrons. The van der Waals surface area contributed by atoms with Crippen LogP contribution in [-0.2, 0) is 14.1 Å². The SMILES string of the molecule is CN(C)c1ccc(Nc2nc3c([nH]2)c(=O)n(C)c(=O)n3C)cc1. The average Bonchev–Trinajstić information content (AvgIpc) is 2.95. The molecular weight excluding hydrogens is 296 g/mol. The van der Waals surface area contributed by atoms with Crippen LogP contribution < -0.4 is 21.5 Å². The van der Waals surface area contributed by atoms with Gasteiger partial charge in [0.25, 0.3) is 5.56 Å². The first-order chi connectivity index (χ1) is 10.9. The van der Waals surface area contributed by atoms with Gasteiger partial charge in [-0.1, -0.05) is 0 Å². The van der Waals surface area contributed by atoms with Crippen LogP contribution in [0.25, 0.3) is 11.2 Å². The minimum atomic E-state index is -0.407. The van der Waals surface area contributed by atoms with Gasteiger partial charge in [-0.05, 0) is 24.3 Å². The van der Waals surface area contributed by atoms with E-state index in [0.29, 0.717) is 17.1 Å². The van der Waals surface area contributed by atoms with Gasteiger partial charge in [0.15, 0.2) is 11.2 Å². The molecule has 8 nitrogen and oxygen atoms in total. The van der Waals surface area contributed by atoms with Crippen molar-refractivity contribution >= 4 is 28.5 Å². The fourth-order valence-electron chi connectivity index (χ4n) is 2.36. The first-order valence-electron chi connectivity index (χ1n) is 7.08. The minimum Gasteiger partial charge on any atom is -0.378 e. The number of rotatable bonds is 3. The van der Waals surface area contributed by atoms with E-state index < -0.39 is 11.2 Å². The largest absolute Gasteiger partial charge is 0.378 e. The number of benzene rings is 1. The lowest BCUT2D eigenvalue weighted by atomic mass is 10.2.